The van der Waals surface area contributed by atoms with E-state index >= 15 is 0 Å². The summed E-state index contributed by atoms with van der Waals surface area (Å²) in [6.07, 6.45) is 5.46. The molecule has 0 spiro atoms. The minimum absolute atomic E-state index is 0.156. The van der Waals surface area contributed by atoms with Crippen molar-refractivity contribution in [2.45, 2.75) is 25.9 Å². The lowest BCUT2D eigenvalue weighted by Gasteiger charge is -2.18. The van der Waals surface area contributed by atoms with Crippen LogP contribution in [0.15, 0.2) is 48.9 Å². The predicted molar refractivity (Wildman–Crippen MR) is 103 cm³/mol. The number of methoxy groups -OCH3 is 1. The van der Waals surface area contributed by atoms with E-state index in [1.165, 1.54) is 0 Å². The first-order valence-electron chi connectivity index (χ1n) is 8.92. The Morgan fingerprint density at radius 3 is 2.52 bits per heavy atom. The molecule has 1 aromatic carbocycles. The molecule has 0 aliphatic heterocycles. The van der Waals surface area contributed by atoms with Gasteiger partial charge in [0.15, 0.2) is 0 Å². The quantitative estimate of drug-likeness (QED) is 0.697. The number of carbonyl (C=O) groups is 1. The molecule has 1 N–H and O–H groups in total. The van der Waals surface area contributed by atoms with Crippen molar-refractivity contribution in [3.63, 3.8) is 0 Å². The van der Waals surface area contributed by atoms with E-state index in [9.17, 15) is 4.79 Å². The van der Waals surface area contributed by atoms with Crippen molar-refractivity contribution in [3.05, 3.63) is 60.2 Å². The second-order valence-corrected chi connectivity index (χ2v) is 6.69. The number of nitrogens with one attached hydrogen (secondary N) is 1. The van der Waals surface area contributed by atoms with Gasteiger partial charge in [-0.1, -0.05) is 12.1 Å². The van der Waals surface area contributed by atoms with Gasteiger partial charge in [-0.2, -0.15) is 5.10 Å². The van der Waals surface area contributed by atoms with Gasteiger partial charge in [-0.15, -0.1) is 0 Å². The molecule has 2 heterocycles. The monoisotopic (exact) mass is 367 g/mol. The van der Waals surface area contributed by atoms with Crippen LogP contribution >= 0.6 is 0 Å². The molecule has 3 aromatic rings. The summed E-state index contributed by atoms with van der Waals surface area (Å²) in [5, 5.41) is 7.18. The average molecular weight is 367 g/mol. The smallest absolute Gasteiger partial charge is 0.251 e. The molecule has 7 nitrogen and oxygen atoms in total. The zero-order valence-electron chi connectivity index (χ0n) is 16.1. The van der Waals surface area contributed by atoms with Gasteiger partial charge in [-0.3, -0.25) is 9.48 Å². The van der Waals surface area contributed by atoms with Crippen molar-refractivity contribution in [2.24, 2.45) is 7.05 Å². The second kappa shape index (κ2) is 8.18. The first-order valence-corrected chi connectivity index (χ1v) is 8.92. The molecule has 3 rings (SSSR count). The number of hydrogen-bond donors (Lipinski definition) is 1. The molecule has 0 aliphatic carbocycles. The summed E-state index contributed by atoms with van der Waals surface area (Å²) in [5.74, 6) is 0.737. The molecule has 0 saturated carbocycles. The number of aryl methyl sites for hydroxylation is 1. The van der Waals surface area contributed by atoms with E-state index in [4.69, 9.17) is 4.74 Å². The Morgan fingerprint density at radius 1 is 1.19 bits per heavy atom. The van der Waals surface area contributed by atoms with Crippen LogP contribution < -0.4 is 5.32 Å². The highest BCUT2D eigenvalue weighted by atomic mass is 16.5. The highest BCUT2D eigenvalue weighted by Crippen LogP contribution is 2.22. The minimum atomic E-state index is -0.269. The lowest BCUT2D eigenvalue weighted by atomic mass is 10.1. The number of hydrogen-bond acceptors (Lipinski definition) is 4. The minimum Gasteiger partial charge on any atom is -0.382 e. The van der Waals surface area contributed by atoms with Crippen molar-refractivity contribution in [1.82, 2.24) is 24.6 Å². The van der Waals surface area contributed by atoms with Crippen LogP contribution in [0.1, 0.15) is 42.0 Å². The maximum absolute atomic E-state index is 12.7. The van der Waals surface area contributed by atoms with Gasteiger partial charge in [0.1, 0.15) is 5.82 Å². The number of amides is 1. The van der Waals surface area contributed by atoms with Crippen LogP contribution in [0.5, 0.6) is 0 Å². The number of aromatic nitrogens is 4. The molecule has 1 unspecified atom stereocenters. The van der Waals surface area contributed by atoms with Crippen molar-refractivity contribution >= 4 is 5.91 Å². The Hall–Kier alpha value is -2.93. The summed E-state index contributed by atoms with van der Waals surface area (Å²) in [7, 11) is 3.46. The number of nitrogens with zero attached hydrogens (tertiary/aromatic N) is 4. The van der Waals surface area contributed by atoms with Crippen LogP contribution in [0.3, 0.4) is 0 Å². The fourth-order valence-electron chi connectivity index (χ4n) is 3.06. The molecule has 0 aliphatic rings. The maximum atomic E-state index is 12.7. The van der Waals surface area contributed by atoms with Crippen LogP contribution in [-0.4, -0.2) is 39.0 Å². The summed E-state index contributed by atoms with van der Waals surface area (Å²) >= 11 is 0. The third-order valence-electron chi connectivity index (χ3n) is 4.48. The molecule has 0 saturated heterocycles. The highest BCUT2D eigenvalue weighted by Gasteiger charge is 2.19. The zero-order valence-corrected chi connectivity index (χ0v) is 16.1. The first kappa shape index (κ1) is 18.8. The fourth-order valence-corrected chi connectivity index (χ4v) is 3.06. The van der Waals surface area contributed by atoms with E-state index in [-0.39, 0.29) is 11.9 Å². The SMILES string of the molecule is COCC(NC(=O)c1ccc(-c2nccn2C(C)C)cc1)c1ccnn1C. The largest absolute Gasteiger partial charge is 0.382 e. The Bertz CT molecular complexity index is 895. The third-order valence-corrected chi connectivity index (χ3v) is 4.48. The van der Waals surface area contributed by atoms with E-state index in [1.807, 2.05) is 43.6 Å². The van der Waals surface area contributed by atoms with E-state index in [0.29, 0.717) is 18.2 Å². The van der Waals surface area contributed by atoms with Gasteiger partial charge in [0.05, 0.1) is 18.3 Å². The molecule has 1 atom stereocenters. The third kappa shape index (κ3) is 4.09. The highest BCUT2D eigenvalue weighted by molar-refractivity contribution is 5.94. The van der Waals surface area contributed by atoms with Crippen molar-refractivity contribution < 1.29 is 9.53 Å². The summed E-state index contributed by atoms with van der Waals surface area (Å²) in [6.45, 7) is 4.60. The molecule has 0 fully saturated rings. The van der Waals surface area contributed by atoms with Crippen LogP contribution in [0.2, 0.25) is 0 Å². The van der Waals surface area contributed by atoms with Gasteiger partial charge in [0.2, 0.25) is 0 Å². The molecule has 7 heteroatoms. The predicted octanol–water partition coefficient (Wildman–Crippen LogP) is 2.98. The van der Waals surface area contributed by atoms with Crippen LogP contribution in [-0.2, 0) is 11.8 Å². The van der Waals surface area contributed by atoms with E-state index in [1.54, 1.807) is 24.2 Å². The van der Waals surface area contributed by atoms with Crippen molar-refractivity contribution in [1.29, 1.82) is 0 Å². The number of imidazole rings is 1. The summed E-state index contributed by atoms with van der Waals surface area (Å²) < 4.78 is 9.09. The average Bonchev–Trinajstić information content (AvgIpc) is 3.30. The topological polar surface area (TPSA) is 74.0 Å². The van der Waals surface area contributed by atoms with Gasteiger partial charge in [0.25, 0.3) is 5.91 Å². The Balaban J connectivity index is 1.77. The normalized spacial score (nSPS) is 12.3. The van der Waals surface area contributed by atoms with E-state index < -0.39 is 0 Å². The fraction of sp³-hybridized carbons (Fsp3) is 0.350. The molecule has 2 aromatic heterocycles. The summed E-state index contributed by atoms with van der Waals surface area (Å²) in [6, 6.07) is 9.40. The number of ether oxygens (including phenoxy) is 1. The van der Waals surface area contributed by atoms with Crippen LogP contribution in [0.25, 0.3) is 11.4 Å². The molecular formula is C20H25N5O2. The van der Waals surface area contributed by atoms with Crippen LogP contribution in [0, 0.1) is 0 Å². The maximum Gasteiger partial charge on any atom is 0.251 e. The van der Waals surface area contributed by atoms with Gasteiger partial charge in [-0.25, -0.2) is 4.98 Å². The molecule has 0 radical (unpaired) electrons. The van der Waals surface area contributed by atoms with Gasteiger partial charge >= 0.3 is 0 Å². The molecule has 142 valence electrons. The van der Waals surface area contributed by atoms with Gasteiger partial charge in [0, 0.05) is 49.9 Å². The second-order valence-electron chi connectivity index (χ2n) is 6.69. The Morgan fingerprint density at radius 2 is 1.93 bits per heavy atom. The number of rotatable bonds is 7. The lowest BCUT2D eigenvalue weighted by Crippen LogP contribution is -2.32. The summed E-state index contributed by atoms with van der Waals surface area (Å²) in [4.78, 5) is 17.1. The Labute approximate surface area is 159 Å². The molecular weight excluding hydrogens is 342 g/mol. The number of carbonyl (C=O) groups excluding carboxylic acids is 1. The zero-order chi connectivity index (χ0) is 19.4. The molecule has 27 heavy (non-hydrogen) atoms. The van der Waals surface area contributed by atoms with Crippen molar-refractivity contribution in [3.8, 4) is 11.4 Å². The summed E-state index contributed by atoms with van der Waals surface area (Å²) in [5.41, 5.74) is 2.45. The molecule has 1 amide bonds. The van der Waals surface area contributed by atoms with E-state index in [0.717, 1.165) is 17.1 Å². The molecule has 0 bridgehead atoms. The van der Waals surface area contributed by atoms with Crippen LogP contribution in [0.4, 0.5) is 0 Å². The Kier molecular flexibility index (Phi) is 5.71. The first-order chi connectivity index (χ1) is 13.0. The van der Waals surface area contributed by atoms with Crippen molar-refractivity contribution in [2.75, 3.05) is 13.7 Å². The number of benzene rings is 1. The van der Waals surface area contributed by atoms with E-state index in [2.05, 4.69) is 33.8 Å². The lowest BCUT2D eigenvalue weighted by molar-refractivity contribution is 0.0892. The standard InChI is InChI=1S/C20H25N5O2/c1-14(2)25-12-11-21-19(25)15-5-7-16(8-6-15)20(26)23-17(13-27-4)18-9-10-22-24(18)3/h5-12,14,17H,13H2,1-4H3,(H,23,26). The van der Waals surface area contributed by atoms with Gasteiger partial charge < -0.3 is 14.6 Å². The van der Waals surface area contributed by atoms with Gasteiger partial charge in [-0.05, 0) is 32.0 Å².